The average Bonchev–Trinajstić information content (AvgIpc) is 3.10. The Bertz CT molecular complexity index is 563. The number of ether oxygens (including phenoxy) is 1. The monoisotopic (exact) mass is 447 g/mol. The molecular formula is C18H27FIN3O. The quantitative estimate of drug-likeness (QED) is 0.428. The topological polar surface area (TPSA) is 36.9 Å². The van der Waals surface area contributed by atoms with Crippen LogP contribution in [-0.4, -0.2) is 50.3 Å². The highest BCUT2D eigenvalue weighted by molar-refractivity contribution is 14.0. The molecule has 1 aromatic carbocycles. The molecule has 4 nitrogen and oxygen atoms in total. The van der Waals surface area contributed by atoms with Crippen LogP contribution >= 0.6 is 24.0 Å². The van der Waals surface area contributed by atoms with E-state index >= 15 is 0 Å². The van der Waals surface area contributed by atoms with Gasteiger partial charge in [-0.1, -0.05) is 18.2 Å². The number of rotatable bonds is 5. The van der Waals surface area contributed by atoms with Gasteiger partial charge < -0.3 is 15.0 Å². The number of nitrogens with one attached hydrogen (secondary N) is 1. The van der Waals surface area contributed by atoms with Crippen LogP contribution in [0.4, 0.5) is 4.39 Å². The summed E-state index contributed by atoms with van der Waals surface area (Å²) in [5.74, 6) is 1.64. The number of hydrogen-bond donors (Lipinski definition) is 1. The summed E-state index contributed by atoms with van der Waals surface area (Å²) in [5, 5.41) is 3.51. The van der Waals surface area contributed by atoms with Crippen molar-refractivity contribution >= 4 is 29.9 Å². The lowest BCUT2D eigenvalue weighted by Crippen LogP contribution is -2.43. The van der Waals surface area contributed by atoms with E-state index in [1.54, 1.807) is 6.07 Å². The van der Waals surface area contributed by atoms with E-state index in [0.717, 1.165) is 50.7 Å². The van der Waals surface area contributed by atoms with Crippen molar-refractivity contribution in [2.45, 2.75) is 31.7 Å². The standard InChI is InChI=1S/C18H26FN3O.HI/c1-3-20-18(22(2)11-13-8-9-23-12-13)21-17-10-15(17)14-6-4-5-7-16(14)19;/h4-7,13,15,17H,3,8-12H2,1-2H3,(H,20,21);1H. The first-order chi connectivity index (χ1) is 11.2. The number of aliphatic imine (C=N–C) groups is 1. The molecular weight excluding hydrogens is 420 g/mol. The highest BCUT2D eigenvalue weighted by Crippen LogP contribution is 2.41. The van der Waals surface area contributed by atoms with Crippen LogP contribution in [0.5, 0.6) is 0 Å². The van der Waals surface area contributed by atoms with E-state index in [-0.39, 0.29) is 41.8 Å². The molecule has 0 radical (unpaired) electrons. The molecule has 3 unspecified atom stereocenters. The van der Waals surface area contributed by atoms with Gasteiger partial charge in [0, 0.05) is 44.6 Å². The van der Waals surface area contributed by atoms with Crippen LogP contribution in [0.15, 0.2) is 29.3 Å². The van der Waals surface area contributed by atoms with Gasteiger partial charge >= 0.3 is 0 Å². The zero-order valence-electron chi connectivity index (χ0n) is 14.4. The molecule has 1 heterocycles. The molecule has 1 aromatic rings. The summed E-state index contributed by atoms with van der Waals surface area (Å²) in [5.41, 5.74) is 0.813. The lowest BCUT2D eigenvalue weighted by atomic mass is 10.1. The summed E-state index contributed by atoms with van der Waals surface area (Å²) in [6.07, 6.45) is 2.08. The summed E-state index contributed by atoms with van der Waals surface area (Å²) in [7, 11) is 2.07. The van der Waals surface area contributed by atoms with E-state index < -0.39 is 0 Å². The normalized spacial score (nSPS) is 26.0. The maximum atomic E-state index is 13.9. The van der Waals surface area contributed by atoms with E-state index in [1.807, 2.05) is 19.1 Å². The molecule has 0 amide bonds. The minimum Gasteiger partial charge on any atom is -0.381 e. The van der Waals surface area contributed by atoms with E-state index in [4.69, 9.17) is 4.74 Å². The molecule has 1 aliphatic heterocycles. The molecule has 1 saturated carbocycles. The maximum Gasteiger partial charge on any atom is 0.193 e. The van der Waals surface area contributed by atoms with Crippen LogP contribution in [0.25, 0.3) is 0 Å². The van der Waals surface area contributed by atoms with E-state index in [2.05, 4.69) is 22.3 Å². The number of hydrogen-bond acceptors (Lipinski definition) is 2. The summed E-state index contributed by atoms with van der Waals surface area (Å²) >= 11 is 0. The van der Waals surface area contributed by atoms with Gasteiger partial charge in [-0.05, 0) is 31.4 Å². The van der Waals surface area contributed by atoms with Gasteiger partial charge in [0.25, 0.3) is 0 Å². The van der Waals surface area contributed by atoms with Crippen molar-refractivity contribution in [3.05, 3.63) is 35.6 Å². The molecule has 2 fully saturated rings. The van der Waals surface area contributed by atoms with Crippen LogP contribution < -0.4 is 5.32 Å². The van der Waals surface area contributed by atoms with Gasteiger partial charge in [-0.25, -0.2) is 4.39 Å². The first-order valence-corrected chi connectivity index (χ1v) is 8.53. The van der Waals surface area contributed by atoms with Crippen molar-refractivity contribution in [2.24, 2.45) is 10.9 Å². The van der Waals surface area contributed by atoms with Crippen LogP contribution in [0, 0.1) is 11.7 Å². The van der Waals surface area contributed by atoms with Crippen molar-refractivity contribution in [3.63, 3.8) is 0 Å². The minimum absolute atomic E-state index is 0. The Morgan fingerprint density at radius 2 is 2.21 bits per heavy atom. The Balaban J connectivity index is 0.00000208. The molecule has 24 heavy (non-hydrogen) atoms. The summed E-state index contributed by atoms with van der Waals surface area (Å²) in [6.45, 7) is 5.43. The fraction of sp³-hybridized carbons (Fsp3) is 0.611. The lowest BCUT2D eigenvalue weighted by molar-refractivity contribution is 0.181. The lowest BCUT2D eigenvalue weighted by Gasteiger charge is -2.25. The Kier molecular flexibility index (Phi) is 7.28. The second kappa shape index (κ2) is 8.99. The second-order valence-electron chi connectivity index (χ2n) is 6.52. The van der Waals surface area contributed by atoms with Crippen molar-refractivity contribution in [2.75, 3.05) is 33.4 Å². The predicted octanol–water partition coefficient (Wildman–Crippen LogP) is 3.23. The Hall–Kier alpha value is -0.890. The first-order valence-electron chi connectivity index (χ1n) is 8.53. The van der Waals surface area contributed by atoms with Gasteiger partial charge in [-0.3, -0.25) is 4.99 Å². The molecule has 3 atom stereocenters. The fourth-order valence-electron chi connectivity index (χ4n) is 3.27. The third-order valence-electron chi connectivity index (χ3n) is 4.64. The average molecular weight is 447 g/mol. The van der Waals surface area contributed by atoms with Gasteiger partial charge in [-0.15, -0.1) is 24.0 Å². The number of nitrogens with zero attached hydrogens (tertiary/aromatic N) is 2. The van der Waals surface area contributed by atoms with E-state index in [1.165, 1.54) is 6.07 Å². The Morgan fingerprint density at radius 3 is 2.88 bits per heavy atom. The van der Waals surface area contributed by atoms with Gasteiger partial charge in [-0.2, -0.15) is 0 Å². The maximum absolute atomic E-state index is 13.9. The molecule has 0 bridgehead atoms. The van der Waals surface area contributed by atoms with Gasteiger partial charge in [0.15, 0.2) is 5.96 Å². The first kappa shape index (κ1) is 19.4. The molecule has 1 saturated heterocycles. The van der Waals surface area contributed by atoms with Crippen molar-refractivity contribution < 1.29 is 9.13 Å². The van der Waals surface area contributed by atoms with E-state index in [0.29, 0.717) is 5.92 Å². The van der Waals surface area contributed by atoms with Crippen molar-refractivity contribution in [3.8, 4) is 0 Å². The zero-order chi connectivity index (χ0) is 16.2. The fourth-order valence-corrected chi connectivity index (χ4v) is 3.27. The molecule has 134 valence electrons. The zero-order valence-corrected chi connectivity index (χ0v) is 16.7. The van der Waals surface area contributed by atoms with Crippen LogP contribution in [0.2, 0.25) is 0 Å². The van der Waals surface area contributed by atoms with Gasteiger partial charge in [0.05, 0.1) is 6.61 Å². The minimum atomic E-state index is -0.104. The van der Waals surface area contributed by atoms with Crippen LogP contribution in [0.3, 0.4) is 0 Å². The Labute approximate surface area is 160 Å². The largest absolute Gasteiger partial charge is 0.381 e. The van der Waals surface area contributed by atoms with E-state index in [9.17, 15) is 4.39 Å². The van der Waals surface area contributed by atoms with Gasteiger partial charge in [0.2, 0.25) is 0 Å². The summed E-state index contributed by atoms with van der Waals surface area (Å²) in [4.78, 5) is 6.77. The SMILES string of the molecule is CCN=C(NC1CC1c1ccccc1F)N(C)CC1CCOC1.I. The molecule has 0 spiro atoms. The molecule has 1 aliphatic carbocycles. The number of halogens is 2. The van der Waals surface area contributed by atoms with Crippen LogP contribution in [-0.2, 0) is 4.74 Å². The van der Waals surface area contributed by atoms with Gasteiger partial charge in [0.1, 0.15) is 5.82 Å². The Morgan fingerprint density at radius 1 is 1.42 bits per heavy atom. The van der Waals surface area contributed by atoms with Crippen molar-refractivity contribution in [1.29, 1.82) is 0 Å². The summed E-state index contributed by atoms with van der Waals surface area (Å²) < 4.78 is 19.3. The molecule has 3 rings (SSSR count). The van der Waals surface area contributed by atoms with Crippen LogP contribution in [0.1, 0.15) is 31.2 Å². The summed E-state index contributed by atoms with van der Waals surface area (Å²) in [6, 6.07) is 7.35. The highest BCUT2D eigenvalue weighted by Gasteiger charge is 2.41. The third-order valence-corrected chi connectivity index (χ3v) is 4.64. The molecule has 0 aromatic heterocycles. The predicted molar refractivity (Wildman–Crippen MR) is 106 cm³/mol. The molecule has 2 aliphatic rings. The molecule has 1 N–H and O–H groups in total. The smallest absolute Gasteiger partial charge is 0.193 e. The molecule has 6 heteroatoms. The highest BCUT2D eigenvalue weighted by atomic mass is 127. The second-order valence-corrected chi connectivity index (χ2v) is 6.52. The number of benzene rings is 1. The number of guanidine groups is 1. The van der Waals surface area contributed by atoms with Crippen molar-refractivity contribution in [1.82, 2.24) is 10.2 Å². The third kappa shape index (κ3) is 4.81.